The SMILES string of the molecule is Cc1ccc(OS(=O)(=O)c2cccc(Cl)c2Cl)cc1. The van der Waals surface area contributed by atoms with Gasteiger partial charge in [-0.3, -0.25) is 0 Å². The van der Waals surface area contributed by atoms with E-state index in [0.29, 0.717) is 0 Å². The van der Waals surface area contributed by atoms with Crippen molar-refractivity contribution in [1.82, 2.24) is 0 Å². The highest BCUT2D eigenvalue weighted by atomic mass is 35.5. The standard InChI is InChI=1S/C13H10Cl2O3S/c1-9-5-7-10(8-6-9)18-19(16,17)12-4-2-3-11(14)13(12)15/h2-8H,1H3. The van der Waals surface area contributed by atoms with Crippen molar-refractivity contribution in [3.8, 4) is 5.75 Å². The van der Waals surface area contributed by atoms with E-state index >= 15 is 0 Å². The van der Waals surface area contributed by atoms with Crippen molar-refractivity contribution in [2.24, 2.45) is 0 Å². The zero-order chi connectivity index (χ0) is 14.0. The summed E-state index contributed by atoms with van der Waals surface area (Å²) in [5, 5.41) is 0.117. The Morgan fingerprint density at radius 2 is 1.63 bits per heavy atom. The minimum Gasteiger partial charge on any atom is -0.379 e. The first-order valence-electron chi connectivity index (χ1n) is 5.35. The number of aryl methyl sites for hydroxylation is 1. The normalized spacial score (nSPS) is 11.3. The van der Waals surface area contributed by atoms with Gasteiger partial charge in [0.25, 0.3) is 0 Å². The molecule has 3 nitrogen and oxygen atoms in total. The van der Waals surface area contributed by atoms with Crippen molar-refractivity contribution in [1.29, 1.82) is 0 Å². The molecule has 0 saturated heterocycles. The zero-order valence-electron chi connectivity index (χ0n) is 9.93. The van der Waals surface area contributed by atoms with Crippen molar-refractivity contribution in [2.75, 3.05) is 0 Å². The van der Waals surface area contributed by atoms with Crippen LogP contribution >= 0.6 is 23.2 Å². The molecule has 0 saturated carbocycles. The quantitative estimate of drug-likeness (QED) is 0.802. The summed E-state index contributed by atoms with van der Waals surface area (Å²) in [6.45, 7) is 1.89. The van der Waals surface area contributed by atoms with Crippen LogP contribution in [-0.2, 0) is 10.1 Å². The highest BCUT2D eigenvalue weighted by Crippen LogP contribution is 2.30. The zero-order valence-corrected chi connectivity index (χ0v) is 12.3. The van der Waals surface area contributed by atoms with Gasteiger partial charge in [0.15, 0.2) is 0 Å². The van der Waals surface area contributed by atoms with Crippen molar-refractivity contribution in [3.63, 3.8) is 0 Å². The molecule has 2 rings (SSSR count). The summed E-state index contributed by atoms with van der Waals surface area (Å²) in [6, 6.07) is 11.0. The van der Waals surface area contributed by atoms with Crippen LogP contribution in [-0.4, -0.2) is 8.42 Å². The average molecular weight is 317 g/mol. The average Bonchev–Trinajstić information content (AvgIpc) is 2.35. The van der Waals surface area contributed by atoms with E-state index in [1.807, 2.05) is 6.92 Å². The molecular weight excluding hydrogens is 307 g/mol. The lowest BCUT2D eigenvalue weighted by Crippen LogP contribution is -2.10. The Morgan fingerprint density at radius 3 is 2.26 bits per heavy atom. The molecule has 0 unspecified atom stereocenters. The van der Waals surface area contributed by atoms with Crippen LogP contribution < -0.4 is 4.18 Å². The van der Waals surface area contributed by atoms with Gasteiger partial charge in [-0.25, -0.2) is 0 Å². The maximum atomic E-state index is 12.1. The molecule has 0 bridgehead atoms. The first-order chi connectivity index (χ1) is 8.90. The number of benzene rings is 2. The van der Waals surface area contributed by atoms with E-state index in [-0.39, 0.29) is 20.7 Å². The van der Waals surface area contributed by atoms with Crippen LogP contribution in [0.15, 0.2) is 47.4 Å². The summed E-state index contributed by atoms with van der Waals surface area (Å²) in [5.41, 5.74) is 1.01. The third-order valence-electron chi connectivity index (χ3n) is 2.41. The maximum absolute atomic E-state index is 12.1. The Balaban J connectivity index is 2.38. The van der Waals surface area contributed by atoms with Crippen molar-refractivity contribution >= 4 is 33.3 Å². The van der Waals surface area contributed by atoms with Gasteiger partial charge in [0.2, 0.25) is 0 Å². The minimum absolute atomic E-state index is 0.0451. The monoisotopic (exact) mass is 316 g/mol. The van der Waals surface area contributed by atoms with Crippen LogP contribution in [0.2, 0.25) is 10.0 Å². The number of rotatable bonds is 3. The van der Waals surface area contributed by atoms with Gasteiger partial charge >= 0.3 is 10.1 Å². The highest BCUT2D eigenvalue weighted by molar-refractivity contribution is 7.87. The molecule has 0 fully saturated rings. The van der Waals surface area contributed by atoms with Crippen LogP contribution in [0.5, 0.6) is 5.75 Å². The van der Waals surface area contributed by atoms with Gasteiger partial charge in [0, 0.05) is 0 Å². The molecule has 0 aliphatic heterocycles. The number of hydrogen-bond donors (Lipinski definition) is 0. The van der Waals surface area contributed by atoms with Crippen LogP contribution in [0.25, 0.3) is 0 Å². The van der Waals surface area contributed by atoms with Crippen LogP contribution in [0.1, 0.15) is 5.56 Å². The summed E-state index contributed by atoms with van der Waals surface area (Å²) in [5.74, 6) is 0.224. The van der Waals surface area contributed by atoms with E-state index < -0.39 is 10.1 Å². The van der Waals surface area contributed by atoms with Crippen LogP contribution in [0.3, 0.4) is 0 Å². The number of hydrogen-bond acceptors (Lipinski definition) is 3. The summed E-state index contributed by atoms with van der Waals surface area (Å²) in [7, 11) is -4.00. The summed E-state index contributed by atoms with van der Waals surface area (Å²) < 4.78 is 29.2. The van der Waals surface area contributed by atoms with Crippen molar-refractivity contribution < 1.29 is 12.6 Å². The van der Waals surface area contributed by atoms with E-state index in [0.717, 1.165) is 5.56 Å². The Hall–Kier alpha value is -1.23. The van der Waals surface area contributed by atoms with Crippen molar-refractivity contribution in [2.45, 2.75) is 11.8 Å². The smallest absolute Gasteiger partial charge is 0.340 e. The second kappa shape index (κ2) is 5.41. The minimum atomic E-state index is -4.00. The molecule has 0 amide bonds. The van der Waals surface area contributed by atoms with E-state index in [1.165, 1.54) is 18.2 Å². The Labute approximate surface area is 121 Å². The van der Waals surface area contributed by atoms with Gasteiger partial charge in [-0.2, -0.15) is 8.42 Å². The second-order valence-corrected chi connectivity index (χ2v) is 6.20. The molecule has 2 aromatic rings. The molecule has 0 aromatic heterocycles. The molecule has 0 heterocycles. The predicted octanol–water partition coefficient (Wildman–Crippen LogP) is 4.07. The third kappa shape index (κ3) is 3.21. The van der Waals surface area contributed by atoms with Gasteiger partial charge in [0.1, 0.15) is 10.6 Å². The molecule has 100 valence electrons. The lowest BCUT2D eigenvalue weighted by atomic mass is 10.2. The number of halogens is 2. The van der Waals surface area contributed by atoms with E-state index in [1.54, 1.807) is 24.3 Å². The Morgan fingerprint density at radius 1 is 1.00 bits per heavy atom. The van der Waals surface area contributed by atoms with Crippen molar-refractivity contribution in [3.05, 3.63) is 58.1 Å². The first-order valence-corrected chi connectivity index (χ1v) is 7.52. The van der Waals surface area contributed by atoms with E-state index in [4.69, 9.17) is 27.4 Å². The molecule has 6 heteroatoms. The topological polar surface area (TPSA) is 43.4 Å². The summed E-state index contributed by atoms with van der Waals surface area (Å²) >= 11 is 11.7. The molecule has 0 atom stereocenters. The molecule has 19 heavy (non-hydrogen) atoms. The highest BCUT2D eigenvalue weighted by Gasteiger charge is 2.21. The molecule has 0 aliphatic rings. The molecule has 0 N–H and O–H groups in total. The fourth-order valence-corrected chi connectivity index (χ4v) is 3.11. The van der Waals surface area contributed by atoms with Crippen LogP contribution in [0, 0.1) is 6.92 Å². The van der Waals surface area contributed by atoms with Gasteiger partial charge in [-0.1, -0.05) is 47.0 Å². The van der Waals surface area contributed by atoms with Gasteiger partial charge < -0.3 is 4.18 Å². The van der Waals surface area contributed by atoms with Crippen LogP contribution in [0.4, 0.5) is 0 Å². The second-order valence-electron chi connectivity index (χ2n) is 3.90. The lowest BCUT2D eigenvalue weighted by Gasteiger charge is -2.09. The predicted molar refractivity (Wildman–Crippen MR) is 75.5 cm³/mol. The van der Waals surface area contributed by atoms with Gasteiger partial charge in [-0.05, 0) is 31.2 Å². The molecule has 0 aliphatic carbocycles. The summed E-state index contributed by atoms with van der Waals surface area (Å²) in [4.78, 5) is -0.151. The Kier molecular flexibility index (Phi) is 4.04. The fraction of sp³-hybridized carbons (Fsp3) is 0.0769. The van der Waals surface area contributed by atoms with E-state index in [2.05, 4.69) is 0 Å². The largest absolute Gasteiger partial charge is 0.379 e. The lowest BCUT2D eigenvalue weighted by molar-refractivity contribution is 0.486. The third-order valence-corrected chi connectivity index (χ3v) is 4.63. The molecular formula is C13H10Cl2O3S. The molecule has 0 radical (unpaired) electrons. The molecule has 0 spiro atoms. The molecule has 2 aromatic carbocycles. The summed E-state index contributed by atoms with van der Waals surface area (Å²) in [6.07, 6.45) is 0. The van der Waals surface area contributed by atoms with Gasteiger partial charge in [0.05, 0.1) is 10.0 Å². The Bertz CT molecular complexity index is 694. The fourth-order valence-electron chi connectivity index (χ4n) is 1.44. The first kappa shape index (κ1) is 14.2. The maximum Gasteiger partial charge on any atom is 0.340 e. The van der Waals surface area contributed by atoms with E-state index in [9.17, 15) is 8.42 Å². The van der Waals surface area contributed by atoms with Gasteiger partial charge in [-0.15, -0.1) is 0 Å².